The van der Waals surface area contributed by atoms with Crippen molar-refractivity contribution in [2.75, 3.05) is 13.2 Å². The third kappa shape index (κ3) is 4.10. The molecule has 94 valence electrons. The van der Waals surface area contributed by atoms with Gasteiger partial charge in [-0.15, -0.1) is 0 Å². The van der Waals surface area contributed by atoms with Gasteiger partial charge in [0, 0.05) is 18.8 Å². The number of nitrogens with zero attached hydrogens (tertiary/aromatic N) is 1. The van der Waals surface area contributed by atoms with Gasteiger partial charge in [-0.1, -0.05) is 12.5 Å². The van der Waals surface area contributed by atoms with Gasteiger partial charge < -0.3 is 10.1 Å². The second kappa shape index (κ2) is 6.72. The lowest BCUT2D eigenvalue weighted by Crippen LogP contribution is -2.34. The van der Waals surface area contributed by atoms with E-state index in [9.17, 15) is 0 Å². The fourth-order valence-corrected chi connectivity index (χ4v) is 2.26. The molecule has 1 aliphatic heterocycles. The fourth-order valence-electron chi connectivity index (χ4n) is 2.26. The van der Waals surface area contributed by atoms with E-state index in [4.69, 9.17) is 4.74 Å². The molecule has 1 aliphatic rings. The normalized spacial score (nSPS) is 22.3. The number of rotatable bonds is 5. The van der Waals surface area contributed by atoms with Gasteiger partial charge in [-0.25, -0.2) is 0 Å². The molecule has 0 radical (unpaired) electrons. The molecular weight excluding hydrogens is 212 g/mol. The summed E-state index contributed by atoms with van der Waals surface area (Å²) in [7, 11) is 0. The molecule has 1 N–H and O–H groups in total. The molecule has 3 nitrogen and oxygen atoms in total. The van der Waals surface area contributed by atoms with E-state index in [1.54, 1.807) is 0 Å². The van der Waals surface area contributed by atoms with Gasteiger partial charge in [0.2, 0.25) is 0 Å². The summed E-state index contributed by atoms with van der Waals surface area (Å²) >= 11 is 0. The Balaban J connectivity index is 1.67. The number of nitrogens with one attached hydrogen (secondary N) is 1. The van der Waals surface area contributed by atoms with E-state index in [-0.39, 0.29) is 6.10 Å². The van der Waals surface area contributed by atoms with Crippen LogP contribution in [-0.2, 0) is 4.74 Å². The Kier molecular flexibility index (Phi) is 4.95. The summed E-state index contributed by atoms with van der Waals surface area (Å²) in [5.41, 5.74) is 1.02. The number of piperidine rings is 1. The van der Waals surface area contributed by atoms with Crippen molar-refractivity contribution in [1.29, 1.82) is 0 Å². The summed E-state index contributed by atoms with van der Waals surface area (Å²) in [6.45, 7) is 4.05. The van der Waals surface area contributed by atoms with Crippen molar-refractivity contribution in [3.8, 4) is 0 Å². The van der Waals surface area contributed by atoms with E-state index < -0.39 is 0 Å². The van der Waals surface area contributed by atoms with Crippen LogP contribution in [0.4, 0.5) is 0 Å². The standard InChI is InChI=1S/C14H22N2O/c1-12(14-7-3-5-10-16-14)17-11-8-13-6-2-4-9-15-13/h3,5,7,10,12-13,15H,2,4,6,8-9,11H2,1H3. The van der Waals surface area contributed by atoms with Gasteiger partial charge in [-0.2, -0.15) is 0 Å². The van der Waals surface area contributed by atoms with Gasteiger partial charge in [-0.05, 0) is 44.9 Å². The van der Waals surface area contributed by atoms with Gasteiger partial charge in [0.1, 0.15) is 0 Å². The number of hydrogen-bond donors (Lipinski definition) is 1. The Morgan fingerprint density at radius 2 is 2.41 bits per heavy atom. The molecule has 1 fully saturated rings. The summed E-state index contributed by atoms with van der Waals surface area (Å²) in [5.74, 6) is 0. The quantitative estimate of drug-likeness (QED) is 0.850. The smallest absolute Gasteiger partial charge is 0.0966 e. The lowest BCUT2D eigenvalue weighted by molar-refractivity contribution is 0.0546. The van der Waals surface area contributed by atoms with Crippen molar-refractivity contribution in [2.45, 2.75) is 44.8 Å². The average Bonchev–Trinajstić information content (AvgIpc) is 2.41. The number of pyridine rings is 1. The van der Waals surface area contributed by atoms with E-state index in [2.05, 4.69) is 17.2 Å². The highest BCUT2D eigenvalue weighted by molar-refractivity contribution is 5.05. The van der Waals surface area contributed by atoms with Crippen molar-refractivity contribution >= 4 is 0 Å². The van der Waals surface area contributed by atoms with Gasteiger partial charge in [0.15, 0.2) is 0 Å². The van der Waals surface area contributed by atoms with Crippen LogP contribution in [0.1, 0.15) is 44.4 Å². The minimum Gasteiger partial charge on any atom is -0.372 e. The summed E-state index contributed by atoms with van der Waals surface area (Å²) in [4.78, 5) is 4.30. The maximum absolute atomic E-state index is 5.83. The number of hydrogen-bond acceptors (Lipinski definition) is 3. The summed E-state index contributed by atoms with van der Waals surface area (Å²) < 4.78 is 5.83. The minimum atomic E-state index is 0.0970. The molecule has 2 rings (SSSR count). The Bertz CT molecular complexity index is 309. The van der Waals surface area contributed by atoms with Crippen molar-refractivity contribution in [1.82, 2.24) is 10.3 Å². The van der Waals surface area contributed by atoms with Crippen molar-refractivity contribution in [3.63, 3.8) is 0 Å². The van der Waals surface area contributed by atoms with E-state index in [1.807, 2.05) is 24.4 Å². The maximum atomic E-state index is 5.83. The highest BCUT2D eigenvalue weighted by Crippen LogP contribution is 2.15. The van der Waals surface area contributed by atoms with Crippen LogP contribution in [-0.4, -0.2) is 24.2 Å². The molecule has 0 saturated carbocycles. The third-order valence-corrected chi connectivity index (χ3v) is 3.35. The van der Waals surface area contributed by atoms with E-state index >= 15 is 0 Å². The first-order valence-corrected chi connectivity index (χ1v) is 6.62. The van der Waals surface area contributed by atoms with Crippen LogP contribution < -0.4 is 5.32 Å². The van der Waals surface area contributed by atoms with Crippen LogP contribution in [0.15, 0.2) is 24.4 Å². The second-order valence-electron chi connectivity index (χ2n) is 4.70. The lowest BCUT2D eigenvalue weighted by atomic mass is 10.0. The predicted octanol–water partition coefficient (Wildman–Crippen LogP) is 2.69. The van der Waals surface area contributed by atoms with Crippen molar-refractivity contribution in [3.05, 3.63) is 30.1 Å². The highest BCUT2D eigenvalue weighted by Gasteiger charge is 2.13. The van der Waals surface area contributed by atoms with Crippen LogP contribution in [0.5, 0.6) is 0 Å². The first kappa shape index (κ1) is 12.5. The Labute approximate surface area is 104 Å². The second-order valence-corrected chi connectivity index (χ2v) is 4.70. The largest absolute Gasteiger partial charge is 0.372 e. The molecule has 17 heavy (non-hydrogen) atoms. The SMILES string of the molecule is CC(OCCC1CCCCN1)c1ccccn1. The summed E-state index contributed by atoms with van der Waals surface area (Å²) in [6, 6.07) is 6.61. The monoisotopic (exact) mass is 234 g/mol. The maximum Gasteiger partial charge on any atom is 0.0966 e. The van der Waals surface area contributed by atoms with Gasteiger partial charge >= 0.3 is 0 Å². The molecule has 1 aromatic heterocycles. The molecule has 0 spiro atoms. The van der Waals surface area contributed by atoms with E-state index in [0.29, 0.717) is 6.04 Å². The van der Waals surface area contributed by atoms with Crippen molar-refractivity contribution < 1.29 is 4.74 Å². The Morgan fingerprint density at radius 3 is 3.12 bits per heavy atom. The zero-order valence-corrected chi connectivity index (χ0v) is 10.6. The Hall–Kier alpha value is -0.930. The van der Waals surface area contributed by atoms with Gasteiger partial charge in [-0.3, -0.25) is 4.98 Å². The molecular formula is C14H22N2O. The fraction of sp³-hybridized carbons (Fsp3) is 0.643. The molecule has 0 aromatic carbocycles. The van der Waals surface area contributed by atoms with E-state index in [0.717, 1.165) is 18.7 Å². The molecule has 2 atom stereocenters. The molecule has 0 aliphatic carbocycles. The first-order valence-electron chi connectivity index (χ1n) is 6.62. The summed E-state index contributed by atoms with van der Waals surface area (Å²) in [5, 5.41) is 3.54. The van der Waals surface area contributed by atoms with Crippen LogP contribution in [0.3, 0.4) is 0 Å². The molecule has 3 heteroatoms. The van der Waals surface area contributed by atoms with Crippen LogP contribution >= 0.6 is 0 Å². The third-order valence-electron chi connectivity index (χ3n) is 3.35. The number of ether oxygens (including phenoxy) is 1. The molecule has 1 aromatic rings. The average molecular weight is 234 g/mol. The first-order chi connectivity index (χ1) is 8.36. The summed E-state index contributed by atoms with van der Waals surface area (Å²) in [6.07, 6.45) is 6.99. The zero-order chi connectivity index (χ0) is 11.9. The zero-order valence-electron chi connectivity index (χ0n) is 10.6. The molecule has 0 bridgehead atoms. The predicted molar refractivity (Wildman–Crippen MR) is 68.9 cm³/mol. The van der Waals surface area contributed by atoms with Crippen LogP contribution in [0, 0.1) is 0 Å². The topological polar surface area (TPSA) is 34.1 Å². The Morgan fingerprint density at radius 1 is 1.47 bits per heavy atom. The molecule has 2 heterocycles. The highest BCUT2D eigenvalue weighted by atomic mass is 16.5. The van der Waals surface area contributed by atoms with Gasteiger partial charge in [0.25, 0.3) is 0 Å². The lowest BCUT2D eigenvalue weighted by Gasteiger charge is -2.24. The molecule has 0 amide bonds. The van der Waals surface area contributed by atoms with Crippen LogP contribution in [0.25, 0.3) is 0 Å². The van der Waals surface area contributed by atoms with Gasteiger partial charge in [0.05, 0.1) is 11.8 Å². The van der Waals surface area contributed by atoms with E-state index in [1.165, 1.54) is 25.8 Å². The number of aromatic nitrogens is 1. The van der Waals surface area contributed by atoms with Crippen molar-refractivity contribution in [2.24, 2.45) is 0 Å². The molecule has 2 unspecified atom stereocenters. The van der Waals surface area contributed by atoms with Crippen LogP contribution in [0.2, 0.25) is 0 Å². The minimum absolute atomic E-state index is 0.0970. The molecule has 1 saturated heterocycles.